The maximum absolute atomic E-state index is 13.4. The third kappa shape index (κ3) is 4.08. The van der Waals surface area contributed by atoms with Crippen LogP contribution in [-0.2, 0) is 4.79 Å². The first-order valence-electron chi connectivity index (χ1n) is 8.59. The zero-order valence-electron chi connectivity index (χ0n) is 15.2. The number of benzene rings is 2. The van der Waals surface area contributed by atoms with Crippen molar-refractivity contribution in [3.8, 4) is 11.5 Å². The summed E-state index contributed by atoms with van der Waals surface area (Å²) in [6.45, 7) is 0.837. The largest absolute Gasteiger partial charge is 0.495 e. The smallest absolute Gasteiger partial charge is 0.254 e. The van der Waals surface area contributed by atoms with Gasteiger partial charge in [0.25, 0.3) is 5.91 Å². The van der Waals surface area contributed by atoms with Crippen molar-refractivity contribution >= 4 is 27.7 Å². The maximum atomic E-state index is 13.4. The highest BCUT2D eigenvalue weighted by Crippen LogP contribution is 2.37. The fraction of sp³-hybridized carbons (Fsp3) is 0.300. The van der Waals surface area contributed by atoms with E-state index in [0.717, 1.165) is 5.56 Å². The van der Waals surface area contributed by atoms with Gasteiger partial charge >= 0.3 is 0 Å². The van der Waals surface area contributed by atoms with E-state index in [1.165, 1.54) is 14.2 Å². The van der Waals surface area contributed by atoms with Crippen molar-refractivity contribution in [2.45, 2.75) is 12.5 Å². The molecule has 1 heterocycles. The lowest BCUT2D eigenvalue weighted by Gasteiger charge is -2.30. The van der Waals surface area contributed by atoms with Crippen LogP contribution < -0.4 is 14.8 Å². The first-order chi connectivity index (χ1) is 13.0. The molecule has 2 amide bonds. The molecule has 0 aromatic heterocycles. The van der Waals surface area contributed by atoms with E-state index in [2.05, 4.69) is 21.2 Å². The van der Waals surface area contributed by atoms with Crippen LogP contribution in [-0.4, -0.2) is 44.0 Å². The minimum absolute atomic E-state index is 0.0647. The van der Waals surface area contributed by atoms with Gasteiger partial charge in [0, 0.05) is 18.7 Å². The van der Waals surface area contributed by atoms with Gasteiger partial charge < -0.3 is 19.7 Å². The van der Waals surface area contributed by atoms with Gasteiger partial charge in [-0.25, -0.2) is 0 Å². The lowest BCUT2D eigenvalue weighted by molar-refractivity contribution is -0.121. The summed E-state index contributed by atoms with van der Waals surface area (Å²) in [4.78, 5) is 27.2. The van der Waals surface area contributed by atoms with Crippen molar-refractivity contribution in [2.75, 3.05) is 27.3 Å². The third-order valence-corrected chi connectivity index (χ3v) is 5.35. The summed E-state index contributed by atoms with van der Waals surface area (Å²) in [5.74, 6) is 0.783. The lowest BCUT2D eigenvalue weighted by atomic mass is 10.0. The van der Waals surface area contributed by atoms with Crippen LogP contribution in [0.15, 0.2) is 46.9 Å². The van der Waals surface area contributed by atoms with E-state index in [-0.39, 0.29) is 24.3 Å². The summed E-state index contributed by atoms with van der Waals surface area (Å²) in [5, 5.41) is 2.85. The topological polar surface area (TPSA) is 67.9 Å². The van der Waals surface area contributed by atoms with Crippen LogP contribution in [0.2, 0.25) is 0 Å². The van der Waals surface area contributed by atoms with Crippen LogP contribution in [0.5, 0.6) is 11.5 Å². The second-order valence-corrected chi connectivity index (χ2v) is 6.97. The highest BCUT2D eigenvalue weighted by molar-refractivity contribution is 9.10. The van der Waals surface area contributed by atoms with Gasteiger partial charge in [-0.15, -0.1) is 0 Å². The average molecular weight is 433 g/mol. The lowest BCUT2D eigenvalue weighted by Crippen LogP contribution is -2.36. The Kier molecular flexibility index (Phi) is 6.01. The number of nitrogens with one attached hydrogen (secondary N) is 1. The summed E-state index contributed by atoms with van der Waals surface area (Å²) in [6, 6.07) is 12.6. The number of amides is 2. The average Bonchev–Trinajstić information content (AvgIpc) is 2.89. The van der Waals surface area contributed by atoms with Crippen molar-refractivity contribution in [2.24, 2.45) is 0 Å². The predicted molar refractivity (Wildman–Crippen MR) is 105 cm³/mol. The first kappa shape index (κ1) is 19.2. The molecule has 7 heteroatoms. The number of hydrogen-bond acceptors (Lipinski definition) is 4. The van der Waals surface area contributed by atoms with Crippen LogP contribution in [0.25, 0.3) is 0 Å². The van der Waals surface area contributed by atoms with Crippen molar-refractivity contribution < 1.29 is 19.1 Å². The molecule has 1 atom stereocenters. The molecule has 142 valence electrons. The van der Waals surface area contributed by atoms with Crippen molar-refractivity contribution in [3.05, 3.63) is 58.1 Å². The minimum atomic E-state index is -0.332. The molecule has 1 saturated heterocycles. The first-order valence-corrected chi connectivity index (χ1v) is 9.38. The van der Waals surface area contributed by atoms with Crippen LogP contribution in [0.4, 0.5) is 0 Å². The van der Waals surface area contributed by atoms with Gasteiger partial charge in [0.1, 0.15) is 16.0 Å². The Morgan fingerprint density at radius 2 is 1.78 bits per heavy atom. The standard InChI is InChI=1S/C20H21BrN2O4/c1-26-16-10-14(11-17(27-2)19(16)21)20(25)23-9-8-22-18(24)12-15(23)13-6-4-3-5-7-13/h3-7,10-11,15H,8-9,12H2,1-2H3,(H,22,24)/t15-/m0/s1. The monoisotopic (exact) mass is 432 g/mol. The summed E-state index contributed by atoms with van der Waals surface area (Å²) < 4.78 is 11.4. The van der Waals surface area contributed by atoms with Crippen LogP contribution in [0, 0.1) is 0 Å². The molecular weight excluding hydrogens is 412 g/mol. The number of ether oxygens (including phenoxy) is 2. The summed E-state index contributed by atoms with van der Waals surface area (Å²) in [7, 11) is 3.07. The summed E-state index contributed by atoms with van der Waals surface area (Å²) in [5.41, 5.74) is 1.38. The van der Waals surface area contributed by atoms with Crippen molar-refractivity contribution in [3.63, 3.8) is 0 Å². The molecule has 0 radical (unpaired) electrons. The number of halogens is 1. The highest BCUT2D eigenvalue weighted by Gasteiger charge is 2.31. The molecule has 0 saturated carbocycles. The van der Waals surface area contributed by atoms with Crippen LogP contribution in [0.3, 0.4) is 0 Å². The van der Waals surface area contributed by atoms with E-state index in [0.29, 0.717) is 34.6 Å². The van der Waals surface area contributed by atoms with Gasteiger partial charge in [0.05, 0.1) is 26.7 Å². The van der Waals surface area contributed by atoms with Crippen LogP contribution >= 0.6 is 15.9 Å². The Morgan fingerprint density at radius 3 is 2.37 bits per heavy atom. The van der Waals surface area contributed by atoms with Crippen LogP contribution in [0.1, 0.15) is 28.4 Å². The van der Waals surface area contributed by atoms with Gasteiger partial charge in [-0.3, -0.25) is 9.59 Å². The second kappa shape index (κ2) is 8.43. The van der Waals surface area contributed by atoms with Gasteiger partial charge in [0.2, 0.25) is 5.91 Å². The normalized spacial score (nSPS) is 17.1. The van der Waals surface area contributed by atoms with Crippen molar-refractivity contribution in [1.82, 2.24) is 10.2 Å². The minimum Gasteiger partial charge on any atom is -0.495 e. The summed E-state index contributed by atoms with van der Waals surface area (Å²) in [6.07, 6.45) is 0.223. The number of methoxy groups -OCH3 is 2. The molecule has 0 unspecified atom stereocenters. The Morgan fingerprint density at radius 1 is 1.15 bits per heavy atom. The maximum Gasteiger partial charge on any atom is 0.254 e. The molecular formula is C20H21BrN2O4. The van der Waals surface area contributed by atoms with E-state index in [9.17, 15) is 9.59 Å². The molecule has 27 heavy (non-hydrogen) atoms. The zero-order valence-corrected chi connectivity index (χ0v) is 16.8. The summed E-state index contributed by atoms with van der Waals surface area (Å²) >= 11 is 3.42. The van der Waals surface area contributed by atoms with E-state index in [4.69, 9.17) is 9.47 Å². The Labute approximate surface area is 166 Å². The Balaban J connectivity index is 2.01. The van der Waals surface area contributed by atoms with E-state index in [1.807, 2.05) is 30.3 Å². The number of carbonyl (C=O) groups is 2. The number of hydrogen-bond donors (Lipinski definition) is 1. The SMILES string of the molecule is COc1cc(C(=O)N2CCNC(=O)C[C@H]2c2ccccc2)cc(OC)c1Br. The number of rotatable bonds is 4. The van der Waals surface area contributed by atoms with Gasteiger partial charge in [0.15, 0.2) is 0 Å². The quantitative estimate of drug-likeness (QED) is 0.805. The molecule has 1 aliphatic heterocycles. The van der Waals surface area contributed by atoms with E-state index >= 15 is 0 Å². The molecule has 2 aromatic carbocycles. The highest BCUT2D eigenvalue weighted by atomic mass is 79.9. The molecule has 3 rings (SSSR count). The molecule has 0 spiro atoms. The Hall–Kier alpha value is -2.54. The fourth-order valence-corrected chi connectivity index (χ4v) is 3.76. The predicted octanol–water partition coefficient (Wildman–Crippen LogP) is 3.17. The molecule has 1 aliphatic rings. The number of carbonyl (C=O) groups excluding carboxylic acids is 2. The van der Waals surface area contributed by atoms with Crippen molar-refractivity contribution in [1.29, 1.82) is 0 Å². The molecule has 0 bridgehead atoms. The molecule has 6 nitrogen and oxygen atoms in total. The molecule has 1 N–H and O–H groups in total. The zero-order chi connectivity index (χ0) is 19.4. The molecule has 1 fully saturated rings. The molecule has 2 aromatic rings. The number of nitrogens with zero attached hydrogens (tertiary/aromatic N) is 1. The Bertz CT molecular complexity index is 816. The van der Waals surface area contributed by atoms with Gasteiger partial charge in [-0.05, 0) is 33.6 Å². The van der Waals surface area contributed by atoms with Gasteiger partial charge in [-0.1, -0.05) is 30.3 Å². The van der Waals surface area contributed by atoms with E-state index in [1.54, 1.807) is 17.0 Å². The second-order valence-electron chi connectivity index (χ2n) is 6.17. The molecule has 0 aliphatic carbocycles. The van der Waals surface area contributed by atoms with Gasteiger partial charge in [-0.2, -0.15) is 0 Å². The fourth-order valence-electron chi connectivity index (χ4n) is 3.20. The third-order valence-electron chi connectivity index (χ3n) is 4.57. The van der Waals surface area contributed by atoms with E-state index < -0.39 is 0 Å².